The zero-order valence-corrected chi connectivity index (χ0v) is 19.4. The van der Waals surface area contributed by atoms with Crippen LogP contribution in [0, 0.1) is 0 Å². The minimum absolute atomic E-state index is 0. The Kier molecular flexibility index (Phi) is 8.78. The molecule has 0 saturated carbocycles. The van der Waals surface area contributed by atoms with Gasteiger partial charge < -0.3 is 15.4 Å². The zero-order valence-electron chi connectivity index (χ0n) is 16.3. The van der Waals surface area contributed by atoms with Crippen LogP contribution in [0.25, 0.3) is 5.69 Å². The molecule has 0 aliphatic rings. The Morgan fingerprint density at radius 3 is 2.64 bits per heavy atom. The predicted octanol–water partition coefficient (Wildman–Crippen LogP) is 4.03. The maximum atomic E-state index is 5.19. The first kappa shape index (κ1) is 22.2. The number of aliphatic imine (C=N–C) groups is 1. The molecule has 0 aliphatic carbocycles. The summed E-state index contributed by atoms with van der Waals surface area (Å²) in [5.74, 6) is 2.04. The molecule has 0 fully saturated rings. The lowest BCUT2D eigenvalue weighted by Gasteiger charge is -2.15. The molecule has 3 rings (SSSR count). The summed E-state index contributed by atoms with van der Waals surface area (Å²) in [6, 6.07) is 12.0. The van der Waals surface area contributed by atoms with E-state index >= 15 is 0 Å². The number of hydrogen-bond donors (Lipinski definition) is 2. The van der Waals surface area contributed by atoms with Gasteiger partial charge >= 0.3 is 0 Å². The van der Waals surface area contributed by atoms with Crippen molar-refractivity contribution in [3.63, 3.8) is 0 Å². The lowest BCUT2D eigenvalue weighted by Crippen LogP contribution is -2.38. The van der Waals surface area contributed by atoms with Crippen molar-refractivity contribution in [1.29, 1.82) is 0 Å². The Morgan fingerprint density at radius 2 is 2.00 bits per heavy atom. The van der Waals surface area contributed by atoms with E-state index in [1.54, 1.807) is 25.5 Å². The summed E-state index contributed by atoms with van der Waals surface area (Å²) >= 11 is 1.73. The number of ether oxygens (including phenoxy) is 1. The van der Waals surface area contributed by atoms with E-state index < -0.39 is 0 Å². The number of methoxy groups -OCH3 is 1. The first-order valence-corrected chi connectivity index (χ1v) is 9.79. The number of halogens is 1. The molecule has 28 heavy (non-hydrogen) atoms. The molecule has 0 spiro atoms. The van der Waals surface area contributed by atoms with Crippen LogP contribution >= 0.6 is 35.3 Å². The van der Waals surface area contributed by atoms with Crippen molar-refractivity contribution in [3.8, 4) is 11.4 Å². The number of thiophene rings is 1. The molecule has 0 bridgehead atoms. The van der Waals surface area contributed by atoms with Crippen LogP contribution in [-0.4, -0.2) is 36.4 Å². The van der Waals surface area contributed by atoms with E-state index in [9.17, 15) is 0 Å². The SMILES string of the molecule is CN=C(NCc1ccn(-c2ccc(OC)cc2)n1)NCC(C)c1ccsc1.I. The van der Waals surface area contributed by atoms with Gasteiger partial charge in [0.25, 0.3) is 0 Å². The minimum Gasteiger partial charge on any atom is -0.497 e. The van der Waals surface area contributed by atoms with Crippen molar-refractivity contribution in [2.24, 2.45) is 4.99 Å². The van der Waals surface area contributed by atoms with E-state index in [0.717, 1.165) is 29.6 Å². The highest BCUT2D eigenvalue weighted by atomic mass is 127. The predicted molar refractivity (Wildman–Crippen MR) is 126 cm³/mol. The molecule has 0 aliphatic heterocycles. The topological polar surface area (TPSA) is 63.5 Å². The third-order valence-corrected chi connectivity index (χ3v) is 5.03. The fourth-order valence-corrected chi connectivity index (χ4v) is 3.43. The number of rotatable bonds is 7. The Balaban J connectivity index is 0.00000280. The number of aromatic nitrogens is 2. The molecule has 2 heterocycles. The Morgan fingerprint density at radius 1 is 1.21 bits per heavy atom. The second-order valence-electron chi connectivity index (χ2n) is 6.21. The molecule has 0 saturated heterocycles. The second-order valence-corrected chi connectivity index (χ2v) is 6.99. The molecule has 1 atom stereocenters. The van der Waals surface area contributed by atoms with Crippen LogP contribution in [0.3, 0.4) is 0 Å². The molecule has 1 unspecified atom stereocenters. The summed E-state index contributed by atoms with van der Waals surface area (Å²) in [6.45, 7) is 3.64. The molecule has 1 aromatic carbocycles. The highest BCUT2D eigenvalue weighted by Gasteiger charge is 2.08. The first-order chi connectivity index (χ1) is 13.2. The average molecular weight is 511 g/mol. The van der Waals surface area contributed by atoms with Crippen molar-refractivity contribution in [2.75, 3.05) is 20.7 Å². The molecule has 150 valence electrons. The summed E-state index contributed by atoms with van der Waals surface area (Å²) < 4.78 is 7.04. The Labute approximate surface area is 187 Å². The van der Waals surface area contributed by atoms with Gasteiger partial charge in [-0.3, -0.25) is 4.99 Å². The van der Waals surface area contributed by atoms with Crippen molar-refractivity contribution >= 4 is 41.3 Å². The van der Waals surface area contributed by atoms with Crippen LogP contribution in [0.15, 0.2) is 58.3 Å². The highest BCUT2D eigenvalue weighted by Crippen LogP contribution is 2.17. The standard InChI is InChI=1S/C20H25N5OS.HI/c1-15(16-9-11-27-14-16)12-22-20(21-2)23-13-17-8-10-25(24-17)18-4-6-19(26-3)7-5-18;/h4-11,14-15H,12-13H2,1-3H3,(H2,21,22,23);1H. The maximum Gasteiger partial charge on any atom is 0.191 e. The van der Waals surface area contributed by atoms with Crippen LogP contribution in [0.2, 0.25) is 0 Å². The van der Waals surface area contributed by atoms with Crippen molar-refractivity contribution in [1.82, 2.24) is 20.4 Å². The lowest BCUT2D eigenvalue weighted by molar-refractivity contribution is 0.414. The van der Waals surface area contributed by atoms with Crippen LogP contribution in [0.4, 0.5) is 0 Å². The quantitative estimate of drug-likeness (QED) is 0.286. The maximum absolute atomic E-state index is 5.19. The fourth-order valence-electron chi connectivity index (χ4n) is 2.65. The fraction of sp³-hybridized carbons (Fsp3) is 0.300. The number of nitrogens with one attached hydrogen (secondary N) is 2. The smallest absolute Gasteiger partial charge is 0.191 e. The van der Waals surface area contributed by atoms with E-state index in [1.165, 1.54) is 5.56 Å². The third-order valence-electron chi connectivity index (χ3n) is 4.33. The van der Waals surface area contributed by atoms with Crippen molar-refractivity contribution < 1.29 is 4.74 Å². The Bertz CT molecular complexity index is 861. The number of hydrogen-bond acceptors (Lipinski definition) is 4. The van der Waals surface area contributed by atoms with E-state index in [-0.39, 0.29) is 24.0 Å². The second kappa shape index (κ2) is 11.1. The summed E-state index contributed by atoms with van der Waals surface area (Å²) in [5.41, 5.74) is 3.29. The summed E-state index contributed by atoms with van der Waals surface area (Å²) in [5, 5.41) is 15.6. The van der Waals surface area contributed by atoms with Gasteiger partial charge in [-0.25, -0.2) is 4.68 Å². The van der Waals surface area contributed by atoms with E-state index in [0.29, 0.717) is 12.5 Å². The largest absolute Gasteiger partial charge is 0.497 e. The van der Waals surface area contributed by atoms with Gasteiger partial charge in [-0.15, -0.1) is 24.0 Å². The highest BCUT2D eigenvalue weighted by molar-refractivity contribution is 14.0. The molecule has 0 radical (unpaired) electrons. The lowest BCUT2D eigenvalue weighted by atomic mass is 10.1. The normalized spacial score (nSPS) is 12.2. The molecular weight excluding hydrogens is 485 g/mol. The van der Waals surface area contributed by atoms with Gasteiger partial charge in [-0.1, -0.05) is 6.92 Å². The monoisotopic (exact) mass is 511 g/mol. The molecule has 0 amide bonds. The van der Waals surface area contributed by atoms with Crippen LogP contribution in [0.5, 0.6) is 5.75 Å². The van der Waals surface area contributed by atoms with E-state index in [2.05, 4.69) is 44.5 Å². The molecule has 8 heteroatoms. The van der Waals surface area contributed by atoms with E-state index in [1.807, 2.05) is 41.2 Å². The van der Waals surface area contributed by atoms with Gasteiger partial charge in [0.05, 0.1) is 25.0 Å². The molecule has 6 nitrogen and oxygen atoms in total. The van der Waals surface area contributed by atoms with Gasteiger partial charge in [-0.05, 0) is 58.6 Å². The zero-order chi connectivity index (χ0) is 19.1. The summed E-state index contributed by atoms with van der Waals surface area (Å²) in [6.07, 6.45) is 1.95. The van der Waals surface area contributed by atoms with Crippen LogP contribution < -0.4 is 15.4 Å². The molecule has 2 N–H and O–H groups in total. The summed E-state index contributed by atoms with van der Waals surface area (Å²) in [7, 11) is 3.44. The van der Waals surface area contributed by atoms with Gasteiger partial charge in [-0.2, -0.15) is 16.4 Å². The molecular formula is C20H26IN5OS. The van der Waals surface area contributed by atoms with Gasteiger partial charge in [0, 0.05) is 19.8 Å². The van der Waals surface area contributed by atoms with Gasteiger partial charge in [0.2, 0.25) is 0 Å². The number of nitrogens with zero attached hydrogens (tertiary/aromatic N) is 3. The molecule has 3 aromatic rings. The van der Waals surface area contributed by atoms with Gasteiger partial charge in [0.1, 0.15) is 5.75 Å². The number of guanidine groups is 1. The average Bonchev–Trinajstić information content (AvgIpc) is 3.40. The third kappa shape index (κ3) is 5.96. The van der Waals surface area contributed by atoms with Crippen molar-refractivity contribution in [2.45, 2.75) is 19.4 Å². The number of benzene rings is 1. The van der Waals surface area contributed by atoms with Gasteiger partial charge in [0.15, 0.2) is 5.96 Å². The Hall–Kier alpha value is -2.07. The molecule has 2 aromatic heterocycles. The minimum atomic E-state index is 0. The van der Waals surface area contributed by atoms with Crippen LogP contribution in [-0.2, 0) is 6.54 Å². The van der Waals surface area contributed by atoms with Crippen molar-refractivity contribution in [3.05, 3.63) is 64.6 Å². The van der Waals surface area contributed by atoms with E-state index in [4.69, 9.17) is 4.74 Å². The first-order valence-electron chi connectivity index (χ1n) is 8.85. The summed E-state index contributed by atoms with van der Waals surface area (Å²) in [4.78, 5) is 4.29. The van der Waals surface area contributed by atoms with Crippen LogP contribution in [0.1, 0.15) is 24.1 Å².